The number of piperidine rings is 1. The monoisotopic (exact) mass is 514 g/mol. The molecule has 3 heterocycles. The molecule has 6 nitrogen and oxygen atoms in total. The van der Waals surface area contributed by atoms with E-state index in [1.807, 2.05) is 25.4 Å². The molecule has 1 aliphatic rings. The second-order valence-corrected chi connectivity index (χ2v) is 8.51. The molecule has 2 N–H and O–H groups in total. The summed E-state index contributed by atoms with van der Waals surface area (Å²) >= 11 is 1.77. The summed E-state index contributed by atoms with van der Waals surface area (Å²) in [4.78, 5) is 17.3. The molecule has 0 atom stereocenters. The topological polar surface area (TPSA) is 65.4 Å². The number of hydrogen-bond acceptors (Lipinski definition) is 5. The highest BCUT2D eigenvalue weighted by Gasteiger charge is 2.21. The number of aromatic nitrogens is 2. The quantitative estimate of drug-likeness (QED) is 0.360. The molecule has 0 radical (unpaired) electrons. The minimum absolute atomic E-state index is 0. The summed E-state index contributed by atoms with van der Waals surface area (Å²) in [7, 11) is 1.82. The Labute approximate surface area is 189 Å². The van der Waals surface area contributed by atoms with Crippen molar-refractivity contribution in [2.75, 3.05) is 25.0 Å². The molecule has 3 rings (SSSR count). The van der Waals surface area contributed by atoms with Crippen molar-refractivity contribution >= 4 is 47.1 Å². The summed E-state index contributed by atoms with van der Waals surface area (Å²) in [6, 6.07) is 6.51. The molecular formula is C20H31IN6S. The van der Waals surface area contributed by atoms with Gasteiger partial charge in [-0.05, 0) is 37.8 Å². The molecule has 0 aromatic carbocycles. The Morgan fingerprint density at radius 2 is 2.07 bits per heavy atom. The molecule has 0 unspecified atom stereocenters. The fraction of sp³-hybridized carbons (Fsp3) is 0.550. The smallest absolute Gasteiger partial charge is 0.191 e. The summed E-state index contributed by atoms with van der Waals surface area (Å²) in [5.74, 6) is 2.39. The van der Waals surface area contributed by atoms with Gasteiger partial charge in [0.05, 0.1) is 12.2 Å². The van der Waals surface area contributed by atoms with E-state index in [1.54, 1.807) is 11.3 Å². The fourth-order valence-corrected chi connectivity index (χ4v) is 4.44. The maximum Gasteiger partial charge on any atom is 0.191 e. The zero-order valence-corrected chi connectivity index (χ0v) is 20.3. The number of anilines is 1. The second-order valence-electron chi connectivity index (χ2n) is 7.22. The molecule has 0 amide bonds. The van der Waals surface area contributed by atoms with Gasteiger partial charge >= 0.3 is 0 Å². The zero-order valence-electron chi connectivity index (χ0n) is 17.1. The van der Waals surface area contributed by atoms with Crippen LogP contribution in [0.1, 0.15) is 48.2 Å². The predicted octanol–water partition coefficient (Wildman–Crippen LogP) is 3.92. The minimum Gasteiger partial charge on any atom is -0.356 e. The van der Waals surface area contributed by atoms with Crippen LogP contribution in [0, 0.1) is 6.92 Å². The lowest BCUT2D eigenvalue weighted by atomic mass is 10.1. The van der Waals surface area contributed by atoms with Gasteiger partial charge in [-0.2, -0.15) is 0 Å². The lowest BCUT2D eigenvalue weighted by molar-refractivity contribution is 0.459. The van der Waals surface area contributed by atoms with Crippen molar-refractivity contribution in [3.63, 3.8) is 0 Å². The Bertz CT molecular complexity index is 753. The van der Waals surface area contributed by atoms with Crippen molar-refractivity contribution in [1.29, 1.82) is 0 Å². The Morgan fingerprint density at radius 3 is 2.64 bits per heavy atom. The first-order valence-electron chi connectivity index (χ1n) is 9.66. The maximum absolute atomic E-state index is 4.77. The molecular weight excluding hydrogens is 483 g/mol. The van der Waals surface area contributed by atoms with Gasteiger partial charge < -0.3 is 15.5 Å². The third-order valence-electron chi connectivity index (χ3n) is 4.86. The van der Waals surface area contributed by atoms with E-state index in [2.05, 4.69) is 52.3 Å². The number of guanidine groups is 1. The van der Waals surface area contributed by atoms with Crippen LogP contribution in [0.5, 0.6) is 0 Å². The number of aliphatic imine (C=N–C) groups is 1. The van der Waals surface area contributed by atoms with E-state index in [1.165, 1.54) is 10.6 Å². The molecule has 0 saturated carbocycles. The lowest BCUT2D eigenvalue weighted by Gasteiger charge is -2.33. The van der Waals surface area contributed by atoms with E-state index < -0.39 is 0 Å². The van der Waals surface area contributed by atoms with Crippen molar-refractivity contribution in [1.82, 2.24) is 20.6 Å². The van der Waals surface area contributed by atoms with Crippen molar-refractivity contribution in [2.24, 2.45) is 4.99 Å². The molecule has 2 aromatic rings. The van der Waals surface area contributed by atoms with Crippen LogP contribution in [0.3, 0.4) is 0 Å². The SMILES string of the molecule is CN=C(NCc1nc(C(C)C)c(C)s1)NC1CCN(c2ccccn2)CC1.I. The van der Waals surface area contributed by atoms with Gasteiger partial charge in [-0.3, -0.25) is 4.99 Å². The largest absolute Gasteiger partial charge is 0.356 e. The van der Waals surface area contributed by atoms with E-state index in [0.29, 0.717) is 18.5 Å². The van der Waals surface area contributed by atoms with Crippen molar-refractivity contribution in [3.05, 3.63) is 40.0 Å². The van der Waals surface area contributed by atoms with E-state index in [9.17, 15) is 0 Å². The van der Waals surface area contributed by atoms with E-state index >= 15 is 0 Å². The number of halogens is 1. The summed E-state index contributed by atoms with van der Waals surface area (Å²) in [5.41, 5.74) is 1.21. The normalized spacial score (nSPS) is 15.5. The number of thiazole rings is 1. The van der Waals surface area contributed by atoms with Crippen LogP contribution in [-0.4, -0.2) is 42.1 Å². The highest BCUT2D eigenvalue weighted by molar-refractivity contribution is 14.0. The number of rotatable bonds is 5. The van der Waals surface area contributed by atoms with Crippen LogP contribution in [-0.2, 0) is 6.54 Å². The summed E-state index contributed by atoms with van der Waals surface area (Å²) in [5, 5.41) is 8.09. The number of aryl methyl sites for hydroxylation is 1. The van der Waals surface area contributed by atoms with Crippen LogP contribution in [0.4, 0.5) is 5.82 Å². The summed E-state index contributed by atoms with van der Waals surface area (Å²) in [6.07, 6.45) is 4.01. The average molecular weight is 514 g/mol. The van der Waals surface area contributed by atoms with Gasteiger partial charge in [0.1, 0.15) is 10.8 Å². The number of nitrogens with zero attached hydrogens (tertiary/aromatic N) is 4. The Balaban J connectivity index is 0.00000280. The van der Waals surface area contributed by atoms with Crippen LogP contribution < -0.4 is 15.5 Å². The average Bonchev–Trinajstić information content (AvgIpc) is 3.07. The number of hydrogen-bond donors (Lipinski definition) is 2. The van der Waals surface area contributed by atoms with Crippen molar-refractivity contribution in [2.45, 2.75) is 52.1 Å². The Morgan fingerprint density at radius 1 is 1.32 bits per heavy atom. The van der Waals surface area contributed by atoms with Gasteiger partial charge in [0.15, 0.2) is 5.96 Å². The van der Waals surface area contributed by atoms with Gasteiger partial charge in [0.25, 0.3) is 0 Å². The van der Waals surface area contributed by atoms with Crippen LogP contribution in [0.25, 0.3) is 0 Å². The van der Waals surface area contributed by atoms with Crippen molar-refractivity contribution in [3.8, 4) is 0 Å². The zero-order chi connectivity index (χ0) is 19.2. The van der Waals surface area contributed by atoms with E-state index in [4.69, 9.17) is 4.98 Å². The molecule has 8 heteroatoms. The van der Waals surface area contributed by atoms with Crippen LogP contribution >= 0.6 is 35.3 Å². The minimum atomic E-state index is 0. The van der Waals surface area contributed by atoms with Gasteiger partial charge in [-0.15, -0.1) is 35.3 Å². The first-order chi connectivity index (χ1) is 13.1. The van der Waals surface area contributed by atoms with Gasteiger partial charge in [0, 0.05) is 37.3 Å². The maximum atomic E-state index is 4.77. The molecule has 0 aliphatic carbocycles. The third-order valence-corrected chi connectivity index (χ3v) is 5.85. The fourth-order valence-electron chi connectivity index (χ4n) is 3.42. The molecule has 0 bridgehead atoms. The predicted molar refractivity (Wildman–Crippen MR) is 129 cm³/mol. The number of nitrogens with one attached hydrogen (secondary N) is 2. The van der Waals surface area contributed by atoms with Crippen LogP contribution in [0.2, 0.25) is 0 Å². The first-order valence-corrected chi connectivity index (χ1v) is 10.5. The second kappa shape index (κ2) is 10.9. The van der Waals surface area contributed by atoms with Gasteiger partial charge in [-0.25, -0.2) is 9.97 Å². The standard InChI is InChI=1S/C20H30N6S.HI/c1-14(2)19-15(3)27-18(25-19)13-23-20(21-4)24-16-8-11-26(12-9-16)17-7-5-6-10-22-17;/h5-7,10,14,16H,8-9,11-13H2,1-4H3,(H2,21,23,24);1H. The van der Waals surface area contributed by atoms with Gasteiger partial charge in [0.2, 0.25) is 0 Å². The summed E-state index contributed by atoms with van der Waals surface area (Å²) < 4.78 is 0. The third kappa shape index (κ3) is 6.04. The summed E-state index contributed by atoms with van der Waals surface area (Å²) in [6.45, 7) is 9.27. The molecule has 1 fully saturated rings. The Kier molecular flexibility index (Phi) is 8.94. The molecule has 1 aliphatic heterocycles. The van der Waals surface area contributed by atoms with Crippen molar-refractivity contribution < 1.29 is 0 Å². The molecule has 1 saturated heterocycles. The van der Waals surface area contributed by atoms with E-state index in [-0.39, 0.29) is 24.0 Å². The highest BCUT2D eigenvalue weighted by atomic mass is 127. The molecule has 0 spiro atoms. The van der Waals surface area contributed by atoms with E-state index in [0.717, 1.165) is 42.7 Å². The number of pyridine rings is 1. The lowest BCUT2D eigenvalue weighted by Crippen LogP contribution is -2.48. The molecule has 2 aromatic heterocycles. The molecule has 28 heavy (non-hydrogen) atoms. The first kappa shape index (κ1) is 22.9. The van der Waals surface area contributed by atoms with Gasteiger partial charge in [-0.1, -0.05) is 19.9 Å². The highest BCUT2D eigenvalue weighted by Crippen LogP contribution is 2.24. The Hall–Kier alpha value is -1.42. The molecule has 154 valence electrons. The van der Waals surface area contributed by atoms with Crippen LogP contribution in [0.15, 0.2) is 29.4 Å².